The van der Waals surface area contributed by atoms with E-state index < -0.39 is 12.1 Å². The van der Waals surface area contributed by atoms with Crippen LogP contribution in [0.4, 0.5) is 0 Å². The van der Waals surface area contributed by atoms with Crippen molar-refractivity contribution in [3.05, 3.63) is 36.5 Å². The minimum Gasteiger partial charge on any atom is -0.466 e. The largest absolute Gasteiger partial charge is 0.466 e. The van der Waals surface area contributed by atoms with E-state index >= 15 is 0 Å². The molecule has 0 saturated heterocycles. The Balaban J connectivity index is 3.36. The molecular weight excluding hydrogens is 887 g/mol. The Hall–Kier alpha value is -1.92. The van der Waals surface area contributed by atoms with Gasteiger partial charge in [-0.1, -0.05) is 307 Å². The number of nitrogens with one attached hydrogen (secondary N) is 1. The molecule has 0 aromatic carbocycles. The van der Waals surface area contributed by atoms with Crippen LogP contribution in [0.2, 0.25) is 0 Å². The molecule has 72 heavy (non-hydrogen) atoms. The summed E-state index contributed by atoms with van der Waals surface area (Å²) in [6.45, 7) is 4.88. The van der Waals surface area contributed by atoms with Crippen LogP contribution in [0.15, 0.2) is 36.5 Å². The molecule has 3 N–H and O–H groups in total. The summed E-state index contributed by atoms with van der Waals surface area (Å²) in [6.07, 6.45) is 77.7. The smallest absolute Gasteiger partial charge is 0.305 e. The number of aliphatic hydroxyl groups is 2. The van der Waals surface area contributed by atoms with Gasteiger partial charge in [0.15, 0.2) is 0 Å². The Morgan fingerprint density at radius 2 is 0.694 bits per heavy atom. The second-order valence-electron chi connectivity index (χ2n) is 22.1. The second-order valence-corrected chi connectivity index (χ2v) is 22.1. The summed E-state index contributed by atoms with van der Waals surface area (Å²) in [4.78, 5) is 24.5. The minimum absolute atomic E-state index is 0.00366. The van der Waals surface area contributed by atoms with Crippen LogP contribution in [-0.2, 0) is 14.3 Å². The number of ether oxygens (including phenoxy) is 1. The van der Waals surface area contributed by atoms with E-state index in [2.05, 4.69) is 43.5 Å². The summed E-state index contributed by atoms with van der Waals surface area (Å²) in [5, 5.41) is 23.1. The summed E-state index contributed by atoms with van der Waals surface area (Å²) in [5.74, 6) is -0.0610. The van der Waals surface area contributed by atoms with Gasteiger partial charge in [0.2, 0.25) is 5.91 Å². The second kappa shape index (κ2) is 61.6. The number of rotatable bonds is 60. The van der Waals surface area contributed by atoms with Crippen molar-refractivity contribution in [3.8, 4) is 0 Å². The predicted octanol–water partition coefficient (Wildman–Crippen LogP) is 20.4. The van der Waals surface area contributed by atoms with E-state index in [4.69, 9.17) is 4.74 Å². The van der Waals surface area contributed by atoms with Gasteiger partial charge in [-0.3, -0.25) is 9.59 Å². The third-order valence-corrected chi connectivity index (χ3v) is 14.9. The highest BCUT2D eigenvalue weighted by molar-refractivity contribution is 5.76. The Morgan fingerprint density at radius 3 is 1.08 bits per heavy atom. The van der Waals surface area contributed by atoms with Crippen molar-refractivity contribution in [2.45, 2.75) is 360 Å². The Labute approximate surface area is 449 Å². The number of aliphatic hydroxyl groups excluding tert-OH is 2. The molecule has 0 bridgehead atoms. The molecule has 0 aromatic rings. The van der Waals surface area contributed by atoms with Gasteiger partial charge in [0, 0.05) is 12.8 Å². The summed E-state index contributed by atoms with van der Waals surface area (Å²) < 4.78 is 5.48. The molecule has 0 radical (unpaired) electrons. The van der Waals surface area contributed by atoms with Crippen molar-refractivity contribution in [2.75, 3.05) is 13.2 Å². The fraction of sp³-hybridized carbons (Fsp3) is 0.879. The molecule has 6 heteroatoms. The average Bonchev–Trinajstić information content (AvgIpc) is 3.38. The molecule has 1 amide bonds. The first-order valence-corrected chi connectivity index (χ1v) is 32.3. The van der Waals surface area contributed by atoms with E-state index in [0.29, 0.717) is 19.4 Å². The van der Waals surface area contributed by atoms with Crippen molar-refractivity contribution >= 4 is 11.9 Å². The van der Waals surface area contributed by atoms with Crippen LogP contribution in [0, 0.1) is 0 Å². The highest BCUT2D eigenvalue weighted by Gasteiger charge is 2.18. The van der Waals surface area contributed by atoms with Gasteiger partial charge in [-0.2, -0.15) is 0 Å². The van der Waals surface area contributed by atoms with E-state index in [1.165, 1.54) is 270 Å². The molecular formula is C66H125NO5. The van der Waals surface area contributed by atoms with E-state index in [-0.39, 0.29) is 18.5 Å². The maximum Gasteiger partial charge on any atom is 0.305 e. The molecule has 0 fully saturated rings. The normalized spacial score (nSPS) is 12.8. The van der Waals surface area contributed by atoms with Gasteiger partial charge in [-0.05, 0) is 64.2 Å². The lowest BCUT2D eigenvalue weighted by atomic mass is 10.0. The van der Waals surface area contributed by atoms with Gasteiger partial charge in [0.25, 0.3) is 0 Å². The summed E-state index contributed by atoms with van der Waals surface area (Å²) in [6, 6.07) is -0.625. The molecule has 0 heterocycles. The molecule has 0 aliphatic heterocycles. The molecule has 2 unspecified atom stereocenters. The van der Waals surface area contributed by atoms with E-state index in [9.17, 15) is 19.8 Å². The lowest BCUT2D eigenvalue weighted by Crippen LogP contribution is -2.45. The monoisotopic (exact) mass is 1010 g/mol. The molecule has 6 nitrogen and oxygen atoms in total. The number of carbonyl (C=O) groups is 2. The maximum absolute atomic E-state index is 12.5. The van der Waals surface area contributed by atoms with Crippen molar-refractivity contribution in [1.82, 2.24) is 5.32 Å². The first-order chi connectivity index (χ1) is 35.5. The maximum atomic E-state index is 12.5. The van der Waals surface area contributed by atoms with Crippen LogP contribution < -0.4 is 5.32 Å². The highest BCUT2D eigenvalue weighted by atomic mass is 16.5. The van der Waals surface area contributed by atoms with Gasteiger partial charge in [-0.15, -0.1) is 0 Å². The zero-order chi connectivity index (χ0) is 52.2. The lowest BCUT2D eigenvalue weighted by molar-refractivity contribution is -0.143. The Kier molecular flexibility index (Phi) is 60.0. The molecule has 0 saturated carbocycles. The molecule has 0 aliphatic rings. The minimum atomic E-state index is -0.842. The quantitative estimate of drug-likeness (QED) is 0.0320. The lowest BCUT2D eigenvalue weighted by Gasteiger charge is -2.20. The number of unbranched alkanes of at least 4 members (excludes halogenated alkanes) is 45. The van der Waals surface area contributed by atoms with Gasteiger partial charge >= 0.3 is 5.97 Å². The molecule has 0 rings (SSSR count). The fourth-order valence-corrected chi connectivity index (χ4v) is 9.96. The number of carbonyl (C=O) groups excluding carboxylic acids is 2. The molecule has 2 atom stereocenters. The standard InChI is InChI=1S/C66H125NO5/c1-3-5-7-9-11-13-15-17-31-36-40-44-48-52-56-60-66(71)72-61-57-53-49-45-41-37-33-30-28-26-24-22-20-18-19-21-23-25-27-29-32-35-39-43-47-51-55-59-65(70)67-63(62-68)64(69)58-54-50-46-42-38-34-16-14-12-10-8-6-4-2/h11,13,17,31,54,58,63-64,68-69H,3-10,12,14-16,18-30,32-53,55-57,59-62H2,1-2H3,(H,67,70)/b13-11-,31-17-,58-54+. The first kappa shape index (κ1) is 70.1. The van der Waals surface area contributed by atoms with E-state index in [0.717, 1.165) is 51.4 Å². The molecule has 424 valence electrons. The Morgan fingerprint density at radius 1 is 0.389 bits per heavy atom. The number of allylic oxidation sites excluding steroid dienone is 5. The average molecular weight is 1010 g/mol. The third-order valence-electron chi connectivity index (χ3n) is 14.9. The SMILES string of the molecule is CCCCC/C=C\C/C=C\CCCCCCCC(=O)OCCCCCCCCCCCCCCCCCCCCCCCCCCCCCC(=O)NC(CO)C(O)/C=C/CCCCCCCCCCCCC. The van der Waals surface area contributed by atoms with Crippen LogP contribution in [0.25, 0.3) is 0 Å². The number of hydrogen-bond donors (Lipinski definition) is 3. The fourth-order valence-electron chi connectivity index (χ4n) is 9.96. The number of amides is 1. The molecule has 0 aliphatic carbocycles. The molecule has 0 aromatic heterocycles. The van der Waals surface area contributed by atoms with Crippen LogP contribution in [0.1, 0.15) is 348 Å². The van der Waals surface area contributed by atoms with E-state index in [1.54, 1.807) is 6.08 Å². The summed E-state index contributed by atoms with van der Waals surface area (Å²) in [7, 11) is 0. The zero-order valence-electron chi connectivity index (χ0n) is 48.4. The number of esters is 1. The number of hydrogen-bond acceptors (Lipinski definition) is 5. The highest BCUT2D eigenvalue weighted by Crippen LogP contribution is 2.18. The summed E-state index contributed by atoms with van der Waals surface area (Å²) in [5.41, 5.74) is 0. The summed E-state index contributed by atoms with van der Waals surface area (Å²) >= 11 is 0. The van der Waals surface area contributed by atoms with Crippen LogP contribution in [-0.4, -0.2) is 47.4 Å². The van der Waals surface area contributed by atoms with Crippen LogP contribution in [0.5, 0.6) is 0 Å². The van der Waals surface area contributed by atoms with Crippen molar-refractivity contribution in [3.63, 3.8) is 0 Å². The zero-order valence-corrected chi connectivity index (χ0v) is 48.4. The predicted molar refractivity (Wildman–Crippen MR) is 315 cm³/mol. The van der Waals surface area contributed by atoms with Crippen LogP contribution in [0.3, 0.4) is 0 Å². The third kappa shape index (κ3) is 57.4. The first-order valence-electron chi connectivity index (χ1n) is 32.3. The van der Waals surface area contributed by atoms with Gasteiger partial charge in [-0.25, -0.2) is 0 Å². The van der Waals surface area contributed by atoms with Crippen LogP contribution >= 0.6 is 0 Å². The topological polar surface area (TPSA) is 95.9 Å². The van der Waals surface area contributed by atoms with Gasteiger partial charge < -0.3 is 20.3 Å². The van der Waals surface area contributed by atoms with Gasteiger partial charge in [0.05, 0.1) is 25.4 Å². The van der Waals surface area contributed by atoms with Gasteiger partial charge in [0.1, 0.15) is 0 Å². The Bertz CT molecular complexity index is 1170. The van der Waals surface area contributed by atoms with Crippen molar-refractivity contribution in [2.24, 2.45) is 0 Å². The van der Waals surface area contributed by atoms with Crippen molar-refractivity contribution < 1.29 is 24.5 Å². The van der Waals surface area contributed by atoms with E-state index in [1.807, 2.05) is 6.08 Å². The molecule has 0 spiro atoms. The van der Waals surface area contributed by atoms with Crippen molar-refractivity contribution in [1.29, 1.82) is 0 Å².